The number of aryl methyl sites for hydroxylation is 1. The molecule has 0 aliphatic carbocycles. The summed E-state index contributed by atoms with van der Waals surface area (Å²) in [6.07, 6.45) is -4.42. The van der Waals surface area contributed by atoms with Gasteiger partial charge in [0.25, 0.3) is 0 Å². The summed E-state index contributed by atoms with van der Waals surface area (Å²) in [6.45, 7) is -0.266. The van der Waals surface area contributed by atoms with Gasteiger partial charge in [0.05, 0.1) is 23.6 Å². The minimum Gasteiger partial charge on any atom is -0.390 e. The summed E-state index contributed by atoms with van der Waals surface area (Å²) in [5.74, 6) is 0. The Labute approximate surface area is 101 Å². The second-order valence-electron chi connectivity index (χ2n) is 3.85. The minimum absolute atomic E-state index is 0.0142. The van der Waals surface area contributed by atoms with Gasteiger partial charge in [-0.3, -0.25) is 4.68 Å². The lowest BCUT2D eigenvalue weighted by molar-refractivity contribution is -0.137. The van der Waals surface area contributed by atoms with E-state index in [-0.39, 0.29) is 17.9 Å². The maximum atomic E-state index is 12.8. The summed E-state index contributed by atoms with van der Waals surface area (Å²) in [7, 11) is 1.57. The molecule has 0 radical (unpaired) electrons. The van der Waals surface area contributed by atoms with E-state index in [1.807, 2.05) is 0 Å². The highest BCUT2D eigenvalue weighted by molar-refractivity contribution is 5.64. The number of aliphatic hydroxyl groups excluding tert-OH is 1. The minimum atomic E-state index is -4.42. The first kappa shape index (κ1) is 12.6. The van der Waals surface area contributed by atoms with E-state index in [4.69, 9.17) is 5.11 Å². The Kier molecular flexibility index (Phi) is 3.13. The zero-order valence-corrected chi connectivity index (χ0v) is 9.57. The van der Waals surface area contributed by atoms with Gasteiger partial charge >= 0.3 is 6.18 Å². The van der Waals surface area contributed by atoms with Crippen molar-refractivity contribution in [2.24, 2.45) is 7.05 Å². The van der Waals surface area contributed by atoms with Gasteiger partial charge in [0, 0.05) is 12.6 Å². The van der Waals surface area contributed by atoms with E-state index >= 15 is 0 Å². The summed E-state index contributed by atoms with van der Waals surface area (Å²) in [5.41, 5.74) is -0.0515. The molecule has 2 aromatic rings. The molecule has 96 valence electrons. The van der Waals surface area contributed by atoms with Crippen molar-refractivity contribution in [1.82, 2.24) is 9.78 Å². The van der Waals surface area contributed by atoms with Crippen LogP contribution in [0.4, 0.5) is 13.2 Å². The fourth-order valence-corrected chi connectivity index (χ4v) is 1.74. The number of hydrogen-bond donors (Lipinski definition) is 1. The first-order chi connectivity index (χ1) is 8.43. The Morgan fingerprint density at radius 1 is 1.28 bits per heavy atom. The maximum absolute atomic E-state index is 12.8. The highest BCUT2D eigenvalue weighted by Gasteiger charge is 2.33. The van der Waals surface area contributed by atoms with E-state index in [0.29, 0.717) is 5.69 Å². The molecule has 0 aliphatic heterocycles. The third-order valence-electron chi connectivity index (χ3n) is 2.65. The standard InChI is InChI=1S/C12H11F3N2O/c1-17-8(7-18)6-11(16-17)9-4-2-3-5-10(9)12(13,14)15/h2-6,18H,7H2,1H3. The van der Waals surface area contributed by atoms with Crippen LogP contribution >= 0.6 is 0 Å². The van der Waals surface area contributed by atoms with Crippen molar-refractivity contribution in [2.75, 3.05) is 0 Å². The van der Waals surface area contributed by atoms with Gasteiger partial charge in [0.1, 0.15) is 0 Å². The van der Waals surface area contributed by atoms with Crippen LogP contribution in [0.15, 0.2) is 30.3 Å². The maximum Gasteiger partial charge on any atom is 0.417 e. The van der Waals surface area contributed by atoms with Crippen LogP contribution in [-0.4, -0.2) is 14.9 Å². The summed E-state index contributed by atoms with van der Waals surface area (Å²) in [6, 6.07) is 6.69. The van der Waals surface area contributed by atoms with Crippen molar-refractivity contribution in [3.05, 3.63) is 41.6 Å². The van der Waals surface area contributed by atoms with Crippen LogP contribution in [0.25, 0.3) is 11.3 Å². The van der Waals surface area contributed by atoms with Gasteiger partial charge in [0.15, 0.2) is 0 Å². The van der Waals surface area contributed by atoms with Crippen molar-refractivity contribution < 1.29 is 18.3 Å². The van der Waals surface area contributed by atoms with Crippen molar-refractivity contribution in [3.63, 3.8) is 0 Å². The average molecular weight is 256 g/mol. The molecule has 1 aromatic heterocycles. The first-order valence-electron chi connectivity index (χ1n) is 5.24. The Morgan fingerprint density at radius 3 is 2.50 bits per heavy atom. The van der Waals surface area contributed by atoms with Crippen molar-refractivity contribution in [2.45, 2.75) is 12.8 Å². The molecule has 0 spiro atoms. The molecule has 3 nitrogen and oxygen atoms in total. The highest BCUT2D eigenvalue weighted by Crippen LogP contribution is 2.36. The van der Waals surface area contributed by atoms with Crippen molar-refractivity contribution in [3.8, 4) is 11.3 Å². The molecule has 0 bridgehead atoms. The lowest BCUT2D eigenvalue weighted by Crippen LogP contribution is -2.07. The molecule has 0 saturated heterocycles. The Hall–Kier alpha value is -1.82. The number of hydrogen-bond acceptors (Lipinski definition) is 2. The van der Waals surface area contributed by atoms with E-state index in [1.165, 1.54) is 28.9 Å². The number of nitrogens with zero attached hydrogens (tertiary/aromatic N) is 2. The molecule has 1 aromatic carbocycles. The van der Waals surface area contributed by atoms with E-state index in [9.17, 15) is 13.2 Å². The largest absolute Gasteiger partial charge is 0.417 e. The predicted molar refractivity (Wildman–Crippen MR) is 59.6 cm³/mol. The zero-order valence-electron chi connectivity index (χ0n) is 9.57. The molecule has 0 aliphatic rings. The van der Waals surface area contributed by atoms with E-state index in [2.05, 4.69) is 5.10 Å². The van der Waals surface area contributed by atoms with E-state index < -0.39 is 11.7 Å². The van der Waals surface area contributed by atoms with Crippen LogP contribution in [0, 0.1) is 0 Å². The van der Waals surface area contributed by atoms with E-state index in [1.54, 1.807) is 7.05 Å². The fourth-order valence-electron chi connectivity index (χ4n) is 1.74. The topological polar surface area (TPSA) is 38.0 Å². The number of benzene rings is 1. The van der Waals surface area contributed by atoms with Gasteiger partial charge in [-0.15, -0.1) is 0 Å². The number of rotatable bonds is 2. The molecule has 18 heavy (non-hydrogen) atoms. The molecule has 0 atom stereocenters. The van der Waals surface area contributed by atoms with Crippen LogP contribution in [0.5, 0.6) is 0 Å². The number of alkyl halides is 3. The molecular weight excluding hydrogens is 245 g/mol. The smallest absolute Gasteiger partial charge is 0.390 e. The van der Waals surface area contributed by atoms with Crippen LogP contribution < -0.4 is 0 Å². The summed E-state index contributed by atoms with van der Waals surface area (Å²) >= 11 is 0. The quantitative estimate of drug-likeness (QED) is 0.896. The Morgan fingerprint density at radius 2 is 1.94 bits per heavy atom. The first-order valence-corrected chi connectivity index (χ1v) is 5.24. The van der Waals surface area contributed by atoms with E-state index in [0.717, 1.165) is 6.07 Å². The van der Waals surface area contributed by atoms with Gasteiger partial charge in [-0.25, -0.2) is 0 Å². The molecule has 1 N–H and O–H groups in total. The molecule has 0 unspecified atom stereocenters. The van der Waals surface area contributed by atoms with Crippen LogP contribution in [0.3, 0.4) is 0 Å². The highest BCUT2D eigenvalue weighted by atomic mass is 19.4. The number of aliphatic hydroxyl groups is 1. The van der Waals surface area contributed by atoms with Crippen molar-refractivity contribution >= 4 is 0 Å². The molecule has 0 amide bonds. The second-order valence-corrected chi connectivity index (χ2v) is 3.85. The molecule has 0 fully saturated rings. The molecule has 1 heterocycles. The summed E-state index contributed by atoms with van der Waals surface area (Å²) < 4.78 is 39.9. The SMILES string of the molecule is Cn1nc(-c2ccccc2C(F)(F)F)cc1CO. The molecule has 6 heteroatoms. The van der Waals surface area contributed by atoms with Gasteiger partial charge in [0.2, 0.25) is 0 Å². The van der Waals surface area contributed by atoms with Crippen LogP contribution in [0.1, 0.15) is 11.3 Å². The lowest BCUT2D eigenvalue weighted by atomic mass is 10.0. The number of aromatic nitrogens is 2. The van der Waals surface area contributed by atoms with Gasteiger partial charge in [-0.2, -0.15) is 18.3 Å². The van der Waals surface area contributed by atoms with Gasteiger partial charge < -0.3 is 5.11 Å². The van der Waals surface area contributed by atoms with Crippen LogP contribution in [-0.2, 0) is 19.8 Å². The van der Waals surface area contributed by atoms with Crippen molar-refractivity contribution in [1.29, 1.82) is 0 Å². The molecule has 2 rings (SSSR count). The van der Waals surface area contributed by atoms with Crippen LogP contribution in [0.2, 0.25) is 0 Å². The third-order valence-corrected chi connectivity index (χ3v) is 2.65. The normalized spacial score (nSPS) is 11.8. The van der Waals surface area contributed by atoms with Gasteiger partial charge in [-0.05, 0) is 12.1 Å². The summed E-state index contributed by atoms with van der Waals surface area (Å²) in [5, 5.41) is 13.0. The average Bonchev–Trinajstić information content (AvgIpc) is 2.69. The third kappa shape index (κ3) is 2.24. The fraction of sp³-hybridized carbons (Fsp3) is 0.250. The Bertz CT molecular complexity index is 561. The Balaban J connectivity index is 2.57. The predicted octanol–water partition coefficient (Wildman–Crippen LogP) is 2.60. The molecular formula is C12H11F3N2O. The number of halogens is 3. The zero-order chi connectivity index (χ0) is 13.3. The molecule has 0 saturated carbocycles. The lowest BCUT2D eigenvalue weighted by Gasteiger charge is -2.10. The second kappa shape index (κ2) is 4.45. The van der Waals surface area contributed by atoms with Gasteiger partial charge in [-0.1, -0.05) is 18.2 Å². The summed E-state index contributed by atoms with van der Waals surface area (Å²) in [4.78, 5) is 0. The monoisotopic (exact) mass is 256 g/mol.